The molecule has 31 heavy (non-hydrogen) atoms. The van der Waals surface area contributed by atoms with Crippen LogP contribution in [0.4, 0.5) is 0 Å². The summed E-state index contributed by atoms with van der Waals surface area (Å²) >= 11 is 0. The van der Waals surface area contributed by atoms with Gasteiger partial charge in [-0.3, -0.25) is 14.8 Å². The maximum Gasteiger partial charge on any atom is 0.210 e. The summed E-state index contributed by atoms with van der Waals surface area (Å²) in [6, 6.07) is 13.2. The van der Waals surface area contributed by atoms with Gasteiger partial charge in [0.2, 0.25) is 6.41 Å². The van der Waals surface area contributed by atoms with Gasteiger partial charge in [-0.1, -0.05) is 12.1 Å². The van der Waals surface area contributed by atoms with Gasteiger partial charge in [0.15, 0.2) is 0 Å². The predicted molar refractivity (Wildman–Crippen MR) is 115 cm³/mol. The number of H-pyrrole nitrogens is 1. The highest BCUT2D eigenvalue weighted by atomic mass is 16.5. The smallest absolute Gasteiger partial charge is 0.210 e. The topological polar surface area (TPSA) is 93.2 Å². The minimum atomic E-state index is -0.243. The van der Waals surface area contributed by atoms with Crippen LogP contribution in [-0.2, 0) is 4.79 Å². The van der Waals surface area contributed by atoms with Gasteiger partial charge in [0.05, 0.1) is 42.7 Å². The third-order valence-corrected chi connectivity index (χ3v) is 5.67. The van der Waals surface area contributed by atoms with E-state index in [0.717, 1.165) is 40.2 Å². The monoisotopic (exact) mass is 415 g/mol. The molecule has 2 aromatic heterocycles. The molecule has 0 bridgehead atoms. The summed E-state index contributed by atoms with van der Waals surface area (Å²) in [7, 11) is 3.23. The number of benzene rings is 2. The molecule has 0 radical (unpaired) electrons. The zero-order chi connectivity index (χ0) is 21.4. The van der Waals surface area contributed by atoms with Crippen molar-refractivity contribution in [3.8, 4) is 22.8 Å². The number of aromatic amines is 1. The average Bonchev–Trinajstić information content (AvgIpc) is 3.21. The Balaban J connectivity index is 1.58. The molecule has 0 aliphatic carbocycles. The Morgan fingerprint density at radius 3 is 2.52 bits per heavy atom. The molecule has 4 aromatic rings. The molecule has 2 aromatic carbocycles. The number of likely N-dealkylation sites (tertiary alicyclic amines) is 1. The minimum Gasteiger partial charge on any atom is -0.497 e. The number of aromatic nitrogens is 4. The fraction of sp³-hybridized carbons (Fsp3) is 0.217. The van der Waals surface area contributed by atoms with Crippen LogP contribution in [0.15, 0.2) is 54.9 Å². The number of fused-ring (bicyclic) bond motifs is 1. The standard InChI is InChI=1S/C23H21N5O3/c1-30-15-9-14(10-16(11-15)31-2)20-21(25-8-7-24-20)17-12-28(13-29)22(17)23-26-18-5-3-4-6-19(18)27-23/h3-11,13,17,22H,12H2,1-2H3,(H,26,27). The Labute approximate surface area is 178 Å². The Morgan fingerprint density at radius 1 is 1.06 bits per heavy atom. The lowest BCUT2D eigenvalue weighted by Gasteiger charge is -2.44. The van der Waals surface area contributed by atoms with Crippen molar-refractivity contribution in [1.29, 1.82) is 0 Å². The van der Waals surface area contributed by atoms with Crippen molar-refractivity contribution in [2.75, 3.05) is 20.8 Å². The molecule has 1 amide bonds. The van der Waals surface area contributed by atoms with E-state index in [0.29, 0.717) is 18.0 Å². The van der Waals surface area contributed by atoms with Gasteiger partial charge in [-0.2, -0.15) is 0 Å². The molecule has 1 aliphatic heterocycles. The third kappa shape index (κ3) is 3.26. The normalized spacial score (nSPS) is 17.9. The van der Waals surface area contributed by atoms with Gasteiger partial charge in [-0.15, -0.1) is 0 Å². The molecular weight excluding hydrogens is 394 g/mol. The van der Waals surface area contributed by atoms with Gasteiger partial charge in [-0.25, -0.2) is 4.98 Å². The molecule has 1 fully saturated rings. The van der Waals surface area contributed by atoms with E-state index in [2.05, 4.69) is 15.0 Å². The van der Waals surface area contributed by atoms with Crippen molar-refractivity contribution in [2.45, 2.75) is 12.0 Å². The maximum atomic E-state index is 11.7. The molecule has 8 nitrogen and oxygen atoms in total. The van der Waals surface area contributed by atoms with Crippen molar-refractivity contribution >= 4 is 17.4 Å². The van der Waals surface area contributed by atoms with Crippen LogP contribution < -0.4 is 9.47 Å². The van der Waals surface area contributed by atoms with E-state index >= 15 is 0 Å². The second kappa shape index (κ2) is 7.71. The Bertz CT molecular complexity index is 1200. The number of para-hydroxylation sites is 2. The highest BCUT2D eigenvalue weighted by Gasteiger charge is 2.44. The number of rotatable bonds is 6. The molecule has 0 saturated carbocycles. The van der Waals surface area contributed by atoms with Crippen LogP contribution in [0.5, 0.6) is 11.5 Å². The summed E-state index contributed by atoms with van der Waals surface area (Å²) < 4.78 is 10.8. The number of amides is 1. The number of nitrogens with one attached hydrogen (secondary N) is 1. The Kier molecular flexibility index (Phi) is 4.74. The first-order valence-corrected chi connectivity index (χ1v) is 9.92. The van der Waals surface area contributed by atoms with Crippen molar-refractivity contribution in [1.82, 2.24) is 24.8 Å². The van der Waals surface area contributed by atoms with Gasteiger partial charge >= 0.3 is 0 Å². The lowest BCUT2D eigenvalue weighted by Crippen LogP contribution is -2.48. The van der Waals surface area contributed by atoms with Crippen molar-refractivity contribution in [3.63, 3.8) is 0 Å². The van der Waals surface area contributed by atoms with Gasteiger partial charge < -0.3 is 19.4 Å². The van der Waals surface area contributed by atoms with Crippen molar-refractivity contribution in [2.24, 2.45) is 0 Å². The summed E-state index contributed by atoms with van der Waals surface area (Å²) in [5.41, 5.74) is 4.18. The third-order valence-electron chi connectivity index (χ3n) is 5.67. The van der Waals surface area contributed by atoms with Crippen molar-refractivity contribution in [3.05, 3.63) is 66.4 Å². The highest BCUT2D eigenvalue weighted by molar-refractivity contribution is 5.75. The molecule has 5 rings (SSSR count). The van der Waals surface area contributed by atoms with Crippen LogP contribution in [0.2, 0.25) is 0 Å². The summed E-state index contributed by atoms with van der Waals surface area (Å²) in [6.45, 7) is 0.540. The summed E-state index contributed by atoms with van der Waals surface area (Å²) in [5, 5.41) is 0. The number of imidazole rings is 1. The second-order valence-corrected chi connectivity index (χ2v) is 7.38. The highest BCUT2D eigenvalue weighted by Crippen LogP contribution is 2.45. The van der Waals surface area contributed by atoms with Gasteiger partial charge in [0.1, 0.15) is 17.3 Å². The molecule has 1 aliphatic rings. The Hall–Kier alpha value is -3.94. The van der Waals surface area contributed by atoms with E-state index in [1.807, 2.05) is 42.5 Å². The summed E-state index contributed by atoms with van der Waals surface area (Å²) in [5.74, 6) is 2.03. The zero-order valence-corrected chi connectivity index (χ0v) is 17.1. The van der Waals surface area contributed by atoms with E-state index < -0.39 is 0 Å². The first-order chi connectivity index (χ1) is 15.2. The molecule has 1 N–H and O–H groups in total. The molecule has 1 saturated heterocycles. The summed E-state index contributed by atoms with van der Waals surface area (Å²) in [6.07, 6.45) is 4.20. The van der Waals surface area contributed by atoms with Crippen LogP contribution >= 0.6 is 0 Å². The van der Waals surface area contributed by atoms with Crippen LogP contribution in [0.1, 0.15) is 23.5 Å². The average molecular weight is 415 g/mol. The number of carbonyl (C=O) groups is 1. The van der Waals surface area contributed by atoms with E-state index in [-0.39, 0.29) is 12.0 Å². The number of methoxy groups -OCH3 is 2. The Morgan fingerprint density at radius 2 is 1.81 bits per heavy atom. The van der Waals surface area contributed by atoms with Gasteiger partial charge in [0, 0.05) is 36.5 Å². The lowest BCUT2D eigenvalue weighted by molar-refractivity contribution is -0.127. The molecule has 2 unspecified atom stereocenters. The summed E-state index contributed by atoms with van der Waals surface area (Å²) in [4.78, 5) is 30.8. The van der Waals surface area contributed by atoms with E-state index in [1.165, 1.54) is 0 Å². The quantitative estimate of drug-likeness (QED) is 0.486. The lowest BCUT2D eigenvalue weighted by atomic mass is 9.83. The number of carbonyl (C=O) groups excluding carboxylic acids is 1. The van der Waals surface area contributed by atoms with Crippen LogP contribution in [0.25, 0.3) is 22.3 Å². The predicted octanol–water partition coefficient (Wildman–Crippen LogP) is 3.33. The number of ether oxygens (including phenoxy) is 2. The largest absolute Gasteiger partial charge is 0.497 e. The fourth-order valence-electron chi connectivity index (χ4n) is 4.13. The molecular formula is C23H21N5O3. The van der Waals surface area contributed by atoms with E-state index in [1.54, 1.807) is 31.5 Å². The number of hydrogen-bond acceptors (Lipinski definition) is 6. The molecule has 3 heterocycles. The van der Waals surface area contributed by atoms with E-state index in [9.17, 15) is 4.79 Å². The second-order valence-electron chi connectivity index (χ2n) is 7.38. The van der Waals surface area contributed by atoms with Crippen molar-refractivity contribution < 1.29 is 14.3 Å². The molecule has 0 spiro atoms. The zero-order valence-electron chi connectivity index (χ0n) is 17.1. The van der Waals surface area contributed by atoms with E-state index in [4.69, 9.17) is 14.5 Å². The van der Waals surface area contributed by atoms with Gasteiger partial charge in [-0.05, 0) is 24.3 Å². The molecule has 8 heteroatoms. The molecule has 2 atom stereocenters. The molecule has 156 valence electrons. The van der Waals surface area contributed by atoms with Crippen LogP contribution in [-0.4, -0.2) is 52.0 Å². The number of nitrogens with zero attached hydrogens (tertiary/aromatic N) is 4. The minimum absolute atomic E-state index is 0.0494. The fourth-order valence-corrected chi connectivity index (χ4v) is 4.13. The maximum absolute atomic E-state index is 11.7. The van der Waals surface area contributed by atoms with Crippen LogP contribution in [0, 0.1) is 0 Å². The van der Waals surface area contributed by atoms with Gasteiger partial charge in [0.25, 0.3) is 0 Å². The van der Waals surface area contributed by atoms with Crippen LogP contribution in [0.3, 0.4) is 0 Å². The number of hydrogen-bond donors (Lipinski definition) is 1. The first-order valence-electron chi connectivity index (χ1n) is 9.92. The SMILES string of the molecule is COc1cc(OC)cc(-c2nccnc2C2CN(C=O)C2c2nc3ccccc3[nH]2)c1. The first kappa shape index (κ1) is 19.0.